The molecule has 0 amide bonds. The molecule has 0 saturated carbocycles. The fourth-order valence-corrected chi connectivity index (χ4v) is 4.88. The lowest BCUT2D eigenvalue weighted by Gasteiger charge is -2.25. The number of phenols is 4. The number of hydrogen-bond donors (Lipinski definition) is 4. The standard InChI is InChI=1S/C27H40N2O4.2ClH/c1-2-13-28(17-12-21-8-10-24(30)26(32)19-21)14-4-3-5-15-29-16-6-7-23(29)18-22-9-11-25(31)27(33)20-22;;/h8-11,19-20,23,30-33H,2-7,12-18H2,1H3;2*1H/t23-;;/m1../s1. The summed E-state index contributed by atoms with van der Waals surface area (Å²) in [6.07, 6.45) is 8.94. The topological polar surface area (TPSA) is 87.4 Å². The minimum Gasteiger partial charge on any atom is -0.504 e. The Hall–Kier alpha value is -1.86. The maximum atomic E-state index is 9.76. The Kier molecular flexibility index (Phi) is 14.2. The zero-order chi connectivity index (χ0) is 23.6. The van der Waals surface area contributed by atoms with Crippen LogP contribution < -0.4 is 0 Å². The zero-order valence-electron chi connectivity index (χ0n) is 20.7. The van der Waals surface area contributed by atoms with Crippen molar-refractivity contribution in [1.29, 1.82) is 0 Å². The average Bonchev–Trinajstić information content (AvgIpc) is 3.23. The first-order valence-electron chi connectivity index (χ1n) is 12.4. The fraction of sp³-hybridized carbons (Fsp3) is 0.556. The maximum absolute atomic E-state index is 9.76. The predicted molar refractivity (Wildman–Crippen MR) is 147 cm³/mol. The van der Waals surface area contributed by atoms with Gasteiger partial charge in [-0.2, -0.15) is 0 Å². The van der Waals surface area contributed by atoms with Gasteiger partial charge in [-0.25, -0.2) is 0 Å². The zero-order valence-corrected chi connectivity index (χ0v) is 22.4. The molecule has 0 spiro atoms. The second-order valence-electron chi connectivity index (χ2n) is 9.33. The van der Waals surface area contributed by atoms with Crippen molar-refractivity contribution >= 4 is 24.8 Å². The van der Waals surface area contributed by atoms with E-state index in [1.807, 2.05) is 12.1 Å². The van der Waals surface area contributed by atoms with Gasteiger partial charge in [0.15, 0.2) is 23.0 Å². The quantitative estimate of drug-likeness (QED) is 0.203. The van der Waals surface area contributed by atoms with Crippen molar-refractivity contribution in [2.75, 3.05) is 32.7 Å². The lowest BCUT2D eigenvalue weighted by molar-refractivity contribution is 0.238. The summed E-state index contributed by atoms with van der Waals surface area (Å²) in [4.78, 5) is 5.09. The van der Waals surface area contributed by atoms with E-state index < -0.39 is 0 Å². The van der Waals surface area contributed by atoms with Crippen LogP contribution in [-0.4, -0.2) is 69.0 Å². The van der Waals surface area contributed by atoms with Crippen LogP contribution >= 0.6 is 24.8 Å². The molecule has 0 unspecified atom stereocenters. The number of rotatable bonds is 13. The van der Waals surface area contributed by atoms with Gasteiger partial charge in [-0.1, -0.05) is 25.5 Å². The van der Waals surface area contributed by atoms with Crippen LogP contribution in [0.25, 0.3) is 0 Å². The van der Waals surface area contributed by atoms with Crippen LogP contribution in [0.2, 0.25) is 0 Å². The van der Waals surface area contributed by atoms with Gasteiger partial charge in [0, 0.05) is 12.6 Å². The normalized spacial score (nSPS) is 15.7. The molecule has 0 aromatic heterocycles. The monoisotopic (exact) mass is 528 g/mol. The minimum atomic E-state index is -0.0642. The molecule has 1 aliphatic heterocycles. The Labute approximate surface area is 222 Å². The summed E-state index contributed by atoms with van der Waals surface area (Å²) >= 11 is 0. The first-order valence-corrected chi connectivity index (χ1v) is 12.4. The Bertz CT molecular complexity index is 884. The summed E-state index contributed by atoms with van der Waals surface area (Å²) in [7, 11) is 0. The number of likely N-dealkylation sites (tertiary alicyclic amines) is 1. The third-order valence-electron chi connectivity index (χ3n) is 6.73. The largest absolute Gasteiger partial charge is 0.504 e. The summed E-state index contributed by atoms with van der Waals surface area (Å²) in [5.74, 6) is -0.196. The Morgan fingerprint density at radius 3 is 2.11 bits per heavy atom. The number of hydrogen-bond acceptors (Lipinski definition) is 6. The summed E-state index contributed by atoms with van der Waals surface area (Å²) in [6, 6.07) is 10.8. The maximum Gasteiger partial charge on any atom is 0.157 e. The van der Waals surface area contributed by atoms with Gasteiger partial charge >= 0.3 is 0 Å². The van der Waals surface area contributed by atoms with Gasteiger partial charge < -0.3 is 30.2 Å². The molecule has 198 valence electrons. The highest BCUT2D eigenvalue weighted by Crippen LogP contribution is 2.28. The van der Waals surface area contributed by atoms with Crippen LogP contribution in [-0.2, 0) is 12.8 Å². The van der Waals surface area contributed by atoms with Crippen molar-refractivity contribution < 1.29 is 20.4 Å². The summed E-state index contributed by atoms with van der Waals surface area (Å²) in [6.45, 7) is 7.61. The molecule has 4 N–H and O–H groups in total. The average molecular weight is 530 g/mol. The molecule has 1 saturated heterocycles. The lowest BCUT2D eigenvalue weighted by Crippen LogP contribution is -2.32. The SMILES string of the molecule is CCCN(CCCCCN1CCC[C@@H]1Cc1ccc(O)c(O)c1)CCc1ccc(O)c(O)c1.Cl.Cl. The molecule has 0 aliphatic carbocycles. The van der Waals surface area contributed by atoms with E-state index in [1.165, 1.54) is 32.1 Å². The number of aromatic hydroxyl groups is 4. The summed E-state index contributed by atoms with van der Waals surface area (Å²) < 4.78 is 0. The van der Waals surface area contributed by atoms with Crippen LogP contribution in [0.15, 0.2) is 36.4 Å². The van der Waals surface area contributed by atoms with Gasteiger partial charge in [0.05, 0.1) is 0 Å². The fourth-order valence-electron chi connectivity index (χ4n) is 4.88. The van der Waals surface area contributed by atoms with E-state index in [-0.39, 0.29) is 47.8 Å². The third-order valence-corrected chi connectivity index (χ3v) is 6.73. The number of halogens is 2. The molecule has 8 heteroatoms. The molecule has 6 nitrogen and oxygen atoms in total. The minimum absolute atomic E-state index is 0. The smallest absolute Gasteiger partial charge is 0.157 e. The van der Waals surface area contributed by atoms with Gasteiger partial charge in [0.2, 0.25) is 0 Å². The highest BCUT2D eigenvalue weighted by Gasteiger charge is 2.24. The van der Waals surface area contributed by atoms with E-state index in [0.717, 1.165) is 63.1 Å². The van der Waals surface area contributed by atoms with Gasteiger partial charge in [0.25, 0.3) is 0 Å². The van der Waals surface area contributed by atoms with Crippen molar-refractivity contribution in [3.8, 4) is 23.0 Å². The van der Waals surface area contributed by atoms with E-state index in [9.17, 15) is 20.4 Å². The van der Waals surface area contributed by atoms with Crippen molar-refractivity contribution in [3.63, 3.8) is 0 Å². The van der Waals surface area contributed by atoms with Crippen molar-refractivity contribution in [2.24, 2.45) is 0 Å². The van der Waals surface area contributed by atoms with Gasteiger partial charge in [-0.15, -0.1) is 24.8 Å². The van der Waals surface area contributed by atoms with Crippen LogP contribution in [0.1, 0.15) is 56.6 Å². The van der Waals surface area contributed by atoms with Crippen LogP contribution in [0.5, 0.6) is 23.0 Å². The molecule has 2 aromatic rings. The highest BCUT2D eigenvalue weighted by atomic mass is 35.5. The molecule has 35 heavy (non-hydrogen) atoms. The second-order valence-corrected chi connectivity index (χ2v) is 9.33. The van der Waals surface area contributed by atoms with E-state index in [1.54, 1.807) is 24.3 Å². The Morgan fingerprint density at radius 1 is 0.800 bits per heavy atom. The van der Waals surface area contributed by atoms with Gasteiger partial charge in [-0.3, -0.25) is 0 Å². The molecule has 1 atom stereocenters. The highest BCUT2D eigenvalue weighted by molar-refractivity contribution is 5.85. The molecule has 0 bridgehead atoms. The van der Waals surface area contributed by atoms with Crippen LogP contribution in [0, 0.1) is 0 Å². The third kappa shape index (κ3) is 9.96. The molecule has 1 fully saturated rings. The lowest BCUT2D eigenvalue weighted by atomic mass is 10.0. The molecular formula is C27H42Cl2N2O4. The van der Waals surface area contributed by atoms with Crippen molar-refractivity contribution in [1.82, 2.24) is 9.80 Å². The van der Waals surface area contributed by atoms with E-state index in [4.69, 9.17) is 0 Å². The van der Waals surface area contributed by atoms with Crippen LogP contribution in [0.4, 0.5) is 0 Å². The number of benzene rings is 2. The second kappa shape index (κ2) is 16.0. The first-order chi connectivity index (χ1) is 16.0. The first kappa shape index (κ1) is 31.2. The molecule has 3 rings (SSSR count). The molecular weight excluding hydrogens is 487 g/mol. The molecule has 1 aliphatic rings. The molecule has 2 aromatic carbocycles. The van der Waals surface area contributed by atoms with E-state index >= 15 is 0 Å². The van der Waals surface area contributed by atoms with E-state index in [2.05, 4.69) is 16.7 Å². The number of unbranched alkanes of at least 4 members (excludes halogenated alkanes) is 2. The number of phenolic OH excluding ortho intramolecular Hbond substituents is 4. The Morgan fingerprint density at radius 2 is 1.46 bits per heavy atom. The summed E-state index contributed by atoms with van der Waals surface area (Å²) in [5, 5.41) is 38.5. The predicted octanol–water partition coefficient (Wildman–Crippen LogP) is 5.48. The Balaban J connectivity index is 0.00000306. The molecule has 1 heterocycles. The van der Waals surface area contributed by atoms with Crippen molar-refractivity contribution in [3.05, 3.63) is 47.5 Å². The molecule has 0 radical (unpaired) electrons. The number of nitrogens with zero attached hydrogens (tertiary/aromatic N) is 2. The summed E-state index contributed by atoms with van der Waals surface area (Å²) in [5.41, 5.74) is 2.13. The van der Waals surface area contributed by atoms with Crippen LogP contribution in [0.3, 0.4) is 0 Å². The van der Waals surface area contributed by atoms with Crippen molar-refractivity contribution in [2.45, 2.75) is 64.3 Å². The van der Waals surface area contributed by atoms with Gasteiger partial charge in [0.1, 0.15) is 0 Å². The van der Waals surface area contributed by atoms with Gasteiger partial charge in [-0.05, 0) is 107 Å². The van der Waals surface area contributed by atoms with E-state index in [0.29, 0.717) is 6.04 Å².